The predicted molar refractivity (Wildman–Crippen MR) is 91.3 cm³/mol. The van der Waals surface area contributed by atoms with Crippen molar-refractivity contribution in [1.29, 1.82) is 0 Å². The van der Waals surface area contributed by atoms with E-state index in [-0.39, 0.29) is 29.7 Å². The number of alkyl halides is 2. The van der Waals surface area contributed by atoms with E-state index in [9.17, 15) is 8.78 Å². The zero-order valence-corrected chi connectivity index (χ0v) is 14.1. The molecule has 3 N–H and O–H groups in total. The summed E-state index contributed by atoms with van der Waals surface area (Å²) in [5.41, 5.74) is 7.14. The molecule has 0 bridgehead atoms. The lowest BCUT2D eigenvalue weighted by Crippen LogP contribution is -2.52. The van der Waals surface area contributed by atoms with Gasteiger partial charge in [-0.25, -0.2) is 8.78 Å². The minimum atomic E-state index is -2.39. The molecule has 2 aliphatic rings. The van der Waals surface area contributed by atoms with Crippen molar-refractivity contribution in [3.05, 3.63) is 35.4 Å². The Kier molecular flexibility index (Phi) is 6.19. The maximum atomic E-state index is 13.2. The SMILES string of the molecule is N[C@H]1CCCN[C@H]1COC1CCC(c2ccccc2C(F)F)CC1. The molecule has 134 valence electrons. The lowest BCUT2D eigenvalue weighted by Gasteiger charge is -2.34. The van der Waals surface area contributed by atoms with Crippen LogP contribution in [0.25, 0.3) is 0 Å². The molecule has 1 saturated carbocycles. The van der Waals surface area contributed by atoms with Gasteiger partial charge in [0.15, 0.2) is 0 Å². The van der Waals surface area contributed by atoms with E-state index in [2.05, 4.69) is 5.32 Å². The van der Waals surface area contributed by atoms with E-state index in [0.717, 1.165) is 50.6 Å². The molecule has 2 atom stereocenters. The molecule has 0 radical (unpaired) electrons. The molecule has 1 saturated heterocycles. The normalized spacial score (nSPS) is 31.3. The molecule has 0 unspecified atom stereocenters. The molecule has 24 heavy (non-hydrogen) atoms. The summed E-state index contributed by atoms with van der Waals surface area (Å²) in [6, 6.07) is 7.39. The zero-order chi connectivity index (χ0) is 16.9. The highest BCUT2D eigenvalue weighted by molar-refractivity contribution is 5.31. The minimum Gasteiger partial charge on any atom is -0.377 e. The molecule has 0 amide bonds. The molecule has 3 nitrogen and oxygen atoms in total. The van der Waals surface area contributed by atoms with E-state index in [0.29, 0.717) is 6.61 Å². The third-order valence-electron chi connectivity index (χ3n) is 5.49. The first-order valence-corrected chi connectivity index (χ1v) is 9.12. The third-order valence-corrected chi connectivity index (χ3v) is 5.49. The molecule has 1 aliphatic heterocycles. The quantitative estimate of drug-likeness (QED) is 0.860. The van der Waals surface area contributed by atoms with E-state index in [1.165, 1.54) is 0 Å². The van der Waals surface area contributed by atoms with Gasteiger partial charge in [-0.1, -0.05) is 24.3 Å². The van der Waals surface area contributed by atoms with Gasteiger partial charge in [0.1, 0.15) is 0 Å². The first-order chi connectivity index (χ1) is 11.6. The average Bonchev–Trinajstić information content (AvgIpc) is 2.61. The summed E-state index contributed by atoms with van der Waals surface area (Å²) in [4.78, 5) is 0. The van der Waals surface area contributed by atoms with Gasteiger partial charge in [0.25, 0.3) is 6.43 Å². The number of nitrogens with two attached hydrogens (primary N) is 1. The van der Waals surface area contributed by atoms with Crippen LogP contribution >= 0.6 is 0 Å². The van der Waals surface area contributed by atoms with E-state index < -0.39 is 6.43 Å². The number of benzene rings is 1. The van der Waals surface area contributed by atoms with Crippen molar-refractivity contribution in [2.45, 2.75) is 69.1 Å². The molecule has 0 aromatic heterocycles. The van der Waals surface area contributed by atoms with E-state index in [4.69, 9.17) is 10.5 Å². The molecule has 0 spiro atoms. The van der Waals surface area contributed by atoms with Crippen LogP contribution in [0.1, 0.15) is 62.0 Å². The number of ether oxygens (including phenoxy) is 1. The van der Waals surface area contributed by atoms with Crippen LogP contribution in [-0.4, -0.2) is 31.3 Å². The lowest BCUT2D eigenvalue weighted by atomic mass is 9.81. The van der Waals surface area contributed by atoms with Crippen molar-refractivity contribution < 1.29 is 13.5 Å². The van der Waals surface area contributed by atoms with Crippen molar-refractivity contribution >= 4 is 0 Å². The summed E-state index contributed by atoms with van der Waals surface area (Å²) in [6.45, 7) is 1.67. The zero-order valence-electron chi connectivity index (χ0n) is 14.1. The maximum absolute atomic E-state index is 13.2. The van der Waals surface area contributed by atoms with Crippen LogP contribution in [0.3, 0.4) is 0 Å². The number of hydrogen-bond donors (Lipinski definition) is 2. The highest BCUT2D eigenvalue weighted by Gasteiger charge is 2.28. The van der Waals surface area contributed by atoms with Gasteiger partial charge in [-0.2, -0.15) is 0 Å². The number of piperidine rings is 1. The van der Waals surface area contributed by atoms with E-state index >= 15 is 0 Å². The van der Waals surface area contributed by atoms with Gasteiger partial charge < -0.3 is 15.8 Å². The number of hydrogen-bond acceptors (Lipinski definition) is 3. The van der Waals surface area contributed by atoms with Crippen LogP contribution in [0.15, 0.2) is 24.3 Å². The monoisotopic (exact) mass is 338 g/mol. The van der Waals surface area contributed by atoms with Crippen LogP contribution in [0, 0.1) is 0 Å². The Balaban J connectivity index is 1.49. The standard InChI is InChI=1S/C19H28F2N2O/c20-19(21)16-5-2-1-4-15(16)13-7-9-14(10-8-13)24-12-18-17(22)6-3-11-23-18/h1-2,4-5,13-14,17-19,23H,3,6-12,22H2/t13?,14?,17-,18-/m0/s1. The number of halogens is 2. The summed E-state index contributed by atoms with van der Waals surface area (Å²) >= 11 is 0. The third kappa shape index (κ3) is 4.32. The highest BCUT2D eigenvalue weighted by atomic mass is 19.3. The fourth-order valence-corrected chi connectivity index (χ4v) is 4.02. The summed E-state index contributed by atoms with van der Waals surface area (Å²) in [5.74, 6) is 0.227. The largest absolute Gasteiger partial charge is 0.377 e. The average molecular weight is 338 g/mol. The van der Waals surface area contributed by atoms with E-state index in [1.54, 1.807) is 12.1 Å². The van der Waals surface area contributed by atoms with Gasteiger partial charge in [-0.05, 0) is 56.6 Å². The second-order valence-electron chi connectivity index (χ2n) is 7.10. The first kappa shape index (κ1) is 17.8. The van der Waals surface area contributed by atoms with Gasteiger partial charge in [-0.3, -0.25) is 0 Å². The van der Waals surface area contributed by atoms with Gasteiger partial charge in [0.05, 0.1) is 12.7 Å². The molecule has 5 heteroatoms. The van der Waals surface area contributed by atoms with Crippen LogP contribution < -0.4 is 11.1 Å². The Hall–Kier alpha value is -1.04. The van der Waals surface area contributed by atoms with Crippen molar-refractivity contribution in [3.63, 3.8) is 0 Å². The molecule has 1 aromatic carbocycles. The highest BCUT2D eigenvalue weighted by Crippen LogP contribution is 2.38. The van der Waals surface area contributed by atoms with Crippen LogP contribution in [0.2, 0.25) is 0 Å². The second kappa shape index (κ2) is 8.37. The smallest absolute Gasteiger partial charge is 0.264 e. The fraction of sp³-hybridized carbons (Fsp3) is 0.684. The van der Waals surface area contributed by atoms with Gasteiger partial charge >= 0.3 is 0 Å². The fourth-order valence-electron chi connectivity index (χ4n) is 4.02. The van der Waals surface area contributed by atoms with Crippen molar-refractivity contribution in [3.8, 4) is 0 Å². The Morgan fingerprint density at radius 2 is 1.88 bits per heavy atom. The van der Waals surface area contributed by atoms with Crippen LogP contribution in [-0.2, 0) is 4.74 Å². The van der Waals surface area contributed by atoms with E-state index in [1.807, 2.05) is 12.1 Å². The van der Waals surface area contributed by atoms with Gasteiger partial charge in [0.2, 0.25) is 0 Å². The molecule has 1 heterocycles. The van der Waals surface area contributed by atoms with Gasteiger partial charge in [-0.15, -0.1) is 0 Å². The Morgan fingerprint density at radius 1 is 1.12 bits per heavy atom. The Bertz CT molecular complexity index is 518. The number of rotatable bonds is 5. The molecular formula is C19H28F2N2O. The van der Waals surface area contributed by atoms with Crippen molar-refractivity contribution in [2.75, 3.05) is 13.2 Å². The van der Waals surface area contributed by atoms with Crippen LogP contribution in [0.4, 0.5) is 8.78 Å². The Morgan fingerprint density at radius 3 is 2.58 bits per heavy atom. The predicted octanol–water partition coefficient (Wildman–Crippen LogP) is 3.75. The summed E-state index contributed by atoms with van der Waals surface area (Å²) in [6.07, 6.45) is 3.72. The Labute approximate surface area is 142 Å². The molecule has 2 fully saturated rings. The van der Waals surface area contributed by atoms with Crippen LogP contribution in [0.5, 0.6) is 0 Å². The number of nitrogens with one attached hydrogen (secondary N) is 1. The molecular weight excluding hydrogens is 310 g/mol. The van der Waals surface area contributed by atoms with Crippen molar-refractivity contribution in [2.24, 2.45) is 5.73 Å². The molecule has 1 aliphatic carbocycles. The molecule has 1 aromatic rings. The lowest BCUT2D eigenvalue weighted by molar-refractivity contribution is 0.00601. The maximum Gasteiger partial charge on any atom is 0.264 e. The minimum absolute atomic E-state index is 0.174. The summed E-state index contributed by atoms with van der Waals surface area (Å²) in [7, 11) is 0. The molecule has 3 rings (SSSR count). The summed E-state index contributed by atoms with van der Waals surface area (Å²) < 4.78 is 32.4. The first-order valence-electron chi connectivity index (χ1n) is 9.12. The van der Waals surface area contributed by atoms with Crippen molar-refractivity contribution in [1.82, 2.24) is 5.32 Å². The second-order valence-corrected chi connectivity index (χ2v) is 7.10. The summed E-state index contributed by atoms with van der Waals surface area (Å²) in [5, 5.41) is 3.43. The topological polar surface area (TPSA) is 47.3 Å². The van der Waals surface area contributed by atoms with Gasteiger partial charge in [0, 0.05) is 17.6 Å².